The monoisotopic (exact) mass is 251 g/mol. The first-order chi connectivity index (χ1) is 8.24. The summed E-state index contributed by atoms with van der Waals surface area (Å²) in [6.07, 6.45) is 7.45. The molecule has 0 aliphatic heterocycles. The predicted octanol–water partition coefficient (Wildman–Crippen LogP) is 3.17. The fourth-order valence-electron chi connectivity index (χ4n) is 2.79. The van der Waals surface area contributed by atoms with Gasteiger partial charge >= 0.3 is 0 Å². The lowest BCUT2D eigenvalue weighted by Gasteiger charge is -2.36. The van der Waals surface area contributed by atoms with Gasteiger partial charge in [-0.15, -0.1) is 11.3 Å². The lowest BCUT2D eigenvalue weighted by atomic mass is 9.78. The lowest BCUT2D eigenvalue weighted by Crippen LogP contribution is -2.46. The molecule has 0 amide bonds. The number of hydrogen-bond acceptors (Lipinski definition) is 3. The van der Waals surface area contributed by atoms with Gasteiger partial charge in [-0.2, -0.15) is 0 Å². The van der Waals surface area contributed by atoms with Crippen LogP contribution in [0.4, 0.5) is 0 Å². The molecule has 0 unspecified atom stereocenters. The van der Waals surface area contributed by atoms with Crippen LogP contribution in [0.2, 0.25) is 0 Å². The van der Waals surface area contributed by atoms with Crippen LogP contribution in [0.3, 0.4) is 0 Å². The summed E-state index contributed by atoms with van der Waals surface area (Å²) in [5, 5.41) is 5.45. The third-order valence-corrected chi connectivity index (χ3v) is 4.70. The molecule has 1 aromatic heterocycles. The van der Waals surface area contributed by atoms with E-state index in [2.05, 4.69) is 11.4 Å². The summed E-state index contributed by atoms with van der Waals surface area (Å²) in [6, 6.07) is 4.07. The molecule has 1 aliphatic carbocycles. The van der Waals surface area contributed by atoms with Gasteiger partial charge in [0, 0.05) is 23.3 Å². The third-order valence-electron chi connectivity index (χ3n) is 3.83. The zero-order valence-corrected chi connectivity index (χ0v) is 11.3. The number of hydrogen-bond donors (Lipinski definition) is 1. The predicted molar refractivity (Wildman–Crippen MR) is 72.5 cm³/mol. The van der Waals surface area contributed by atoms with Crippen molar-refractivity contribution in [1.29, 1.82) is 0 Å². The zero-order chi connectivity index (χ0) is 12.1. The Morgan fingerprint density at radius 3 is 2.76 bits per heavy atom. The van der Waals surface area contributed by atoms with Crippen molar-refractivity contribution in [2.75, 3.05) is 7.05 Å². The van der Waals surface area contributed by atoms with Crippen LogP contribution < -0.4 is 5.32 Å². The molecule has 17 heavy (non-hydrogen) atoms. The largest absolute Gasteiger partial charge is 0.314 e. The van der Waals surface area contributed by atoms with Crippen LogP contribution in [-0.2, 0) is 11.2 Å². The highest BCUT2D eigenvalue weighted by atomic mass is 32.1. The average Bonchev–Trinajstić information content (AvgIpc) is 2.83. The molecule has 0 radical (unpaired) electrons. The summed E-state index contributed by atoms with van der Waals surface area (Å²) >= 11 is 1.68. The minimum Gasteiger partial charge on any atom is -0.314 e. The van der Waals surface area contributed by atoms with Crippen molar-refractivity contribution in [1.82, 2.24) is 5.32 Å². The molecule has 1 N–H and O–H groups in total. The van der Waals surface area contributed by atoms with Crippen molar-refractivity contribution in [3.8, 4) is 0 Å². The van der Waals surface area contributed by atoms with Crippen LogP contribution >= 0.6 is 11.3 Å². The van der Waals surface area contributed by atoms with Crippen molar-refractivity contribution in [2.24, 2.45) is 0 Å². The summed E-state index contributed by atoms with van der Waals surface area (Å²) in [7, 11) is 2.00. The maximum atomic E-state index is 12.1. The van der Waals surface area contributed by atoms with E-state index in [9.17, 15) is 4.79 Å². The van der Waals surface area contributed by atoms with Gasteiger partial charge in [-0.1, -0.05) is 25.3 Å². The summed E-state index contributed by atoms with van der Waals surface area (Å²) < 4.78 is 0. The fourth-order valence-corrected chi connectivity index (χ4v) is 3.52. The van der Waals surface area contributed by atoms with E-state index in [1.807, 2.05) is 18.5 Å². The maximum absolute atomic E-state index is 12.1. The summed E-state index contributed by atoms with van der Waals surface area (Å²) in [6.45, 7) is 0. The van der Waals surface area contributed by atoms with E-state index in [1.54, 1.807) is 11.3 Å². The normalized spacial score (nSPS) is 19.1. The molecule has 0 saturated heterocycles. The highest BCUT2D eigenvalue weighted by molar-refractivity contribution is 7.10. The number of thiophene rings is 1. The molecule has 0 atom stereocenters. The van der Waals surface area contributed by atoms with Gasteiger partial charge in [0.15, 0.2) is 0 Å². The molecule has 2 rings (SSSR count). The molecule has 0 spiro atoms. The van der Waals surface area contributed by atoms with E-state index in [0.717, 1.165) is 12.8 Å². The van der Waals surface area contributed by atoms with Gasteiger partial charge in [0.05, 0.1) is 0 Å². The van der Waals surface area contributed by atoms with Crippen molar-refractivity contribution >= 4 is 17.1 Å². The molecule has 1 heterocycles. The minimum atomic E-state index is 0.0899. The Bertz CT molecular complexity index is 352. The van der Waals surface area contributed by atoms with Gasteiger partial charge in [-0.3, -0.25) is 4.79 Å². The quantitative estimate of drug-likeness (QED) is 0.871. The van der Waals surface area contributed by atoms with Crippen LogP contribution in [0.1, 0.15) is 43.4 Å². The third kappa shape index (κ3) is 3.39. The second kappa shape index (κ2) is 5.78. The number of Topliss-reactive ketones (excluding diaryl/α,β-unsaturated/α-hetero) is 1. The fraction of sp³-hybridized carbons (Fsp3) is 0.643. The zero-order valence-electron chi connectivity index (χ0n) is 10.5. The Balaban J connectivity index is 1.91. The summed E-state index contributed by atoms with van der Waals surface area (Å²) in [5.74, 6) is 0.378. The standard InChI is InChI=1S/C14H21NOS/c1-15-14(7-3-2-4-8-14)11-12(16)10-13-6-5-9-17-13/h5-6,9,15H,2-4,7-8,10-11H2,1H3. The highest BCUT2D eigenvalue weighted by Crippen LogP contribution is 2.31. The molecule has 2 nitrogen and oxygen atoms in total. The van der Waals surface area contributed by atoms with Crippen molar-refractivity contribution in [3.05, 3.63) is 22.4 Å². The lowest BCUT2D eigenvalue weighted by molar-refractivity contribution is -0.120. The van der Waals surface area contributed by atoms with Crippen LogP contribution in [0, 0.1) is 0 Å². The number of rotatable bonds is 5. The van der Waals surface area contributed by atoms with Gasteiger partial charge in [-0.05, 0) is 31.3 Å². The highest BCUT2D eigenvalue weighted by Gasteiger charge is 2.32. The van der Waals surface area contributed by atoms with E-state index in [-0.39, 0.29) is 5.54 Å². The van der Waals surface area contributed by atoms with Crippen molar-refractivity contribution < 1.29 is 4.79 Å². The minimum absolute atomic E-state index is 0.0899. The molecule has 1 fully saturated rings. The molecule has 1 saturated carbocycles. The smallest absolute Gasteiger partial charge is 0.139 e. The second-order valence-electron chi connectivity index (χ2n) is 5.06. The first-order valence-corrected chi connectivity index (χ1v) is 7.35. The number of nitrogens with one attached hydrogen (secondary N) is 1. The van der Waals surface area contributed by atoms with Gasteiger partial charge in [0.1, 0.15) is 5.78 Å². The molecule has 1 aromatic rings. The van der Waals surface area contributed by atoms with E-state index in [4.69, 9.17) is 0 Å². The molecule has 0 aromatic carbocycles. The van der Waals surface area contributed by atoms with Crippen LogP contribution in [-0.4, -0.2) is 18.4 Å². The van der Waals surface area contributed by atoms with Crippen molar-refractivity contribution in [2.45, 2.75) is 50.5 Å². The summed E-state index contributed by atoms with van der Waals surface area (Å²) in [4.78, 5) is 13.3. The van der Waals surface area contributed by atoms with Crippen molar-refractivity contribution in [3.63, 3.8) is 0 Å². The molecule has 1 aliphatic rings. The Hall–Kier alpha value is -0.670. The SMILES string of the molecule is CNC1(CC(=O)Cc2cccs2)CCCCC1. The Labute approximate surface area is 107 Å². The topological polar surface area (TPSA) is 29.1 Å². The average molecular weight is 251 g/mol. The van der Waals surface area contributed by atoms with Crippen LogP contribution in [0.15, 0.2) is 17.5 Å². The Morgan fingerprint density at radius 1 is 1.41 bits per heavy atom. The first-order valence-electron chi connectivity index (χ1n) is 6.47. The van der Waals surface area contributed by atoms with Crippen LogP contribution in [0.5, 0.6) is 0 Å². The molecular formula is C14H21NOS. The van der Waals surface area contributed by atoms with Gasteiger partial charge in [0.2, 0.25) is 0 Å². The number of carbonyl (C=O) groups excluding carboxylic acids is 1. The van der Waals surface area contributed by atoms with E-state index >= 15 is 0 Å². The molecule has 0 bridgehead atoms. The van der Waals surface area contributed by atoms with Gasteiger partial charge in [-0.25, -0.2) is 0 Å². The molecular weight excluding hydrogens is 230 g/mol. The maximum Gasteiger partial charge on any atom is 0.139 e. The van der Waals surface area contributed by atoms with E-state index in [1.165, 1.54) is 24.1 Å². The van der Waals surface area contributed by atoms with E-state index in [0.29, 0.717) is 18.6 Å². The molecule has 94 valence electrons. The number of carbonyl (C=O) groups is 1. The molecule has 3 heteroatoms. The van der Waals surface area contributed by atoms with Gasteiger partial charge < -0.3 is 5.32 Å². The Morgan fingerprint density at radius 2 is 2.18 bits per heavy atom. The Kier molecular flexibility index (Phi) is 4.35. The number of ketones is 1. The van der Waals surface area contributed by atoms with Gasteiger partial charge in [0.25, 0.3) is 0 Å². The second-order valence-corrected chi connectivity index (χ2v) is 6.09. The van der Waals surface area contributed by atoms with Crippen LogP contribution in [0.25, 0.3) is 0 Å². The first kappa shape index (κ1) is 12.8. The summed E-state index contributed by atoms with van der Waals surface area (Å²) in [5.41, 5.74) is 0.0899. The van der Waals surface area contributed by atoms with E-state index < -0.39 is 0 Å².